The van der Waals surface area contributed by atoms with Crippen molar-refractivity contribution in [2.45, 2.75) is 23.3 Å². The van der Waals surface area contributed by atoms with Crippen LogP contribution in [0.25, 0.3) is 0 Å². The number of nitrogens with one attached hydrogen (secondary N) is 1. The van der Waals surface area contributed by atoms with E-state index in [2.05, 4.69) is 44.8 Å². The van der Waals surface area contributed by atoms with Crippen molar-refractivity contribution in [3.63, 3.8) is 0 Å². The summed E-state index contributed by atoms with van der Waals surface area (Å²) in [6.07, 6.45) is 5.35. The minimum atomic E-state index is -3.68. The molecule has 0 fully saturated rings. The Morgan fingerprint density at radius 1 is 1.30 bits per heavy atom. The molecule has 1 aromatic heterocycles. The Bertz CT molecular complexity index is 905. The van der Waals surface area contributed by atoms with E-state index in [0.717, 1.165) is 21.5 Å². The lowest BCUT2D eigenvalue weighted by Gasteiger charge is -2.37. The van der Waals surface area contributed by atoms with E-state index < -0.39 is 10.0 Å². The number of anilines is 1. The van der Waals surface area contributed by atoms with Gasteiger partial charge in [0.05, 0.1) is 14.7 Å². The Morgan fingerprint density at radius 3 is 2.83 bits per heavy atom. The van der Waals surface area contributed by atoms with E-state index in [9.17, 15) is 8.42 Å². The summed E-state index contributed by atoms with van der Waals surface area (Å²) < 4.78 is 24.4. The zero-order valence-corrected chi connectivity index (χ0v) is 15.3. The highest BCUT2D eigenvalue weighted by molar-refractivity contribution is 9.11. The van der Waals surface area contributed by atoms with Crippen LogP contribution in [0.3, 0.4) is 0 Å². The van der Waals surface area contributed by atoms with Gasteiger partial charge in [-0.05, 0) is 69.0 Å². The third kappa shape index (κ3) is 2.65. The van der Waals surface area contributed by atoms with Crippen molar-refractivity contribution in [1.82, 2.24) is 0 Å². The number of rotatable bonds is 2. The molecule has 0 spiro atoms. The lowest BCUT2D eigenvalue weighted by Crippen LogP contribution is -2.29. The quantitative estimate of drug-likeness (QED) is 0.735. The summed E-state index contributed by atoms with van der Waals surface area (Å²) in [7, 11) is -3.68. The average Bonchev–Trinajstić information content (AvgIpc) is 3.13. The second-order valence-electron chi connectivity index (χ2n) is 5.95. The van der Waals surface area contributed by atoms with Crippen LogP contribution < -0.4 is 10.5 Å². The molecule has 1 aliphatic carbocycles. The standard InChI is InChI=1S/C16H15BrN2O2S2/c17-15-6-9(8-22-15)16-12-3-1-2-11(12)13-7-10(23(18,20)21)4-5-14(13)19-16/h1-2,4-8,11-12,16,19H,3H2,(H2,18,20,21). The van der Waals surface area contributed by atoms with Gasteiger partial charge in [0.2, 0.25) is 10.0 Å². The molecule has 3 atom stereocenters. The molecular formula is C16H15BrN2O2S2. The smallest absolute Gasteiger partial charge is 0.238 e. The summed E-state index contributed by atoms with van der Waals surface area (Å²) in [6.45, 7) is 0. The molecule has 3 unspecified atom stereocenters. The highest BCUT2D eigenvalue weighted by atomic mass is 79.9. The monoisotopic (exact) mass is 410 g/mol. The SMILES string of the molecule is NS(=O)(=O)c1ccc2c(c1)C1C=CCC1C(c1csc(Br)c1)N2. The molecule has 23 heavy (non-hydrogen) atoms. The van der Waals surface area contributed by atoms with Crippen LogP contribution in [-0.4, -0.2) is 8.42 Å². The highest BCUT2D eigenvalue weighted by Gasteiger charge is 2.38. The zero-order valence-electron chi connectivity index (χ0n) is 12.1. The van der Waals surface area contributed by atoms with E-state index in [1.54, 1.807) is 23.5 Å². The van der Waals surface area contributed by atoms with Gasteiger partial charge in [-0.1, -0.05) is 12.2 Å². The van der Waals surface area contributed by atoms with Gasteiger partial charge in [0.15, 0.2) is 0 Å². The number of halogens is 1. The predicted octanol–water partition coefficient (Wildman–Crippen LogP) is 3.98. The fourth-order valence-electron chi connectivity index (χ4n) is 3.57. The predicted molar refractivity (Wildman–Crippen MR) is 96.2 cm³/mol. The molecule has 4 nitrogen and oxygen atoms in total. The van der Waals surface area contributed by atoms with Crippen molar-refractivity contribution in [2.24, 2.45) is 11.1 Å². The normalized spacial score (nSPS) is 25.7. The molecular weight excluding hydrogens is 396 g/mol. The molecule has 7 heteroatoms. The Hall–Kier alpha value is -1.15. The first-order valence-electron chi connectivity index (χ1n) is 7.27. The third-order valence-electron chi connectivity index (χ3n) is 4.61. The fraction of sp³-hybridized carbons (Fsp3) is 0.250. The van der Waals surface area contributed by atoms with Gasteiger partial charge in [0.25, 0.3) is 0 Å². The van der Waals surface area contributed by atoms with Crippen molar-refractivity contribution >= 4 is 43.0 Å². The van der Waals surface area contributed by atoms with Crippen molar-refractivity contribution in [3.05, 3.63) is 56.7 Å². The first-order valence-corrected chi connectivity index (χ1v) is 10.5. The van der Waals surface area contributed by atoms with Gasteiger partial charge in [-0.25, -0.2) is 13.6 Å². The molecule has 0 saturated heterocycles. The van der Waals surface area contributed by atoms with E-state index in [1.807, 2.05) is 6.07 Å². The molecule has 0 saturated carbocycles. The summed E-state index contributed by atoms with van der Waals surface area (Å²) in [6, 6.07) is 7.49. The number of fused-ring (bicyclic) bond motifs is 3. The molecule has 0 bridgehead atoms. The zero-order chi connectivity index (χ0) is 16.2. The van der Waals surface area contributed by atoms with Gasteiger partial charge in [-0.2, -0.15) is 0 Å². The molecule has 1 aromatic carbocycles. The molecule has 2 heterocycles. The summed E-state index contributed by atoms with van der Waals surface area (Å²) in [4.78, 5) is 0.175. The maximum absolute atomic E-state index is 11.6. The summed E-state index contributed by atoms with van der Waals surface area (Å²) in [5.74, 6) is 0.608. The van der Waals surface area contributed by atoms with Gasteiger partial charge >= 0.3 is 0 Å². The van der Waals surface area contributed by atoms with Crippen molar-refractivity contribution in [1.29, 1.82) is 0 Å². The first-order chi connectivity index (χ1) is 10.9. The van der Waals surface area contributed by atoms with E-state index in [1.165, 1.54) is 5.56 Å². The molecule has 1 aliphatic heterocycles. The van der Waals surface area contributed by atoms with Crippen LogP contribution >= 0.6 is 27.3 Å². The molecule has 2 aliphatic rings. The largest absolute Gasteiger partial charge is 0.378 e. The summed E-state index contributed by atoms with van der Waals surface area (Å²) in [5, 5.41) is 11.0. The number of primary sulfonamides is 1. The fourth-order valence-corrected chi connectivity index (χ4v) is 5.33. The second kappa shape index (κ2) is 5.44. The number of hydrogen-bond donors (Lipinski definition) is 2. The lowest BCUT2D eigenvalue weighted by molar-refractivity contribution is 0.425. The van der Waals surface area contributed by atoms with Gasteiger partial charge < -0.3 is 5.32 Å². The van der Waals surface area contributed by atoms with Crippen LogP contribution in [0, 0.1) is 5.92 Å². The van der Waals surface area contributed by atoms with Crippen LogP contribution in [0.2, 0.25) is 0 Å². The van der Waals surface area contributed by atoms with Gasteiger partial charge in [-0.3, -0.25) is 0 Å². The van der Waals surface area contributed by atoms with Crippen molar-refractivity contribution < 1.29 is 8.42 Å². The van der Waals surface area contributed by atoms with E-state index >= 15 is 0 Å². The van der Waals surface area contributed by atoms with Crippen LogP contribution in [-0.2, 0) is 10.0 Å². The number of benzene rings is 1. The Morgan fingerprint density at radius 2 is 2.13 bits per heavy atom. The molecule has 4 rings (SSSR count). The lowest BCUT2D eigenvalue weighted by atomic mass is 9.77. The molecule has 3 N–H and O–H groups in total. The topological polar surface area (TPSA) is 72.2 Å². The number of thiophene rings is 1. The van der Waals surface area contributed by atoms with E-state index in [4.69, 9.17) is 5.14 Å². The minimum absolute atomic E-state index is 0.175. The summed E-state index contributed by atoms with van der Waals surface area (Å²) >= 11 is 5.21. The molecule has 120 valence electrons. The van der Waals surface area contributed by atoms with Crippen molar-refractivity contribution in [3.8, 4) is 0 Å². The Labute approximate surface area is 147 Å². The third-order valence-corrected chi connectivity index (χ3v) is 7.04. The van der Waals surface area contributed by atoms with Crippen LogP contribution in [0.1, 0.15) is 29.5 Å². The number of nitrogens with two attached hydrogens (primary N) is 1. The van der Waals surface area contributed by atoms with Crippen molar-refractivity contribution in [2.75, 3.05) is 5.32 Å². The Balaban J connectivity index is 1.80. The highest BCUT2D eigenvalue weighted by Crippen LogP contribution is 2.50. The number of allylic oxidation sites excluding steroid dienone is 2. The molecule has 0 radical (unpaired) electrons. The van der Waals surface area contributed by atoms with E-state index in [0.29, 0.717) is 5.92 Å². The number of hydrogen-bond acceptors (Lipinski definition) is 4. The van der Waals surface area contributed by atoms with Crippen LogP contribution in [0.15, 0.2) is 50.5 Å². The summed E-state index contributed by atoms with van der Waals surface area (Å²) in [5.41, 5.74) is 3.26. The van der Waals surface area contributed by atoms with Gasteiger partial charge in [-0.15, -0.1) is 11.3 Å². The average molecular weight is 411 g/mol. The first kappa shape index (κ1) is 15.4. The van der Waals surface area contributed by atoms with E-state index in [-0.39, 0.29) is 16.9 Å². The van der Waals surface area contributed by atoms with Crippen LogP contribution in [0.5, 0.6) is 0 Å². The molecule has 2 aromatic rings. The maximum Gasteiger partial charge on any atom is 0.238 e. The Kier molecular flexibility index (Phi) is 3.64. The van der Waals surface area contributed by atoms with Gasteiger partial charge in [0.1, 0.15) is 0 Å². The molecule has 0 amide bonds. The van der Waals surface area contributed by atoms with Gasteiger partial charge in [0, 0.05) is 11.6 Å². The number of sulfonamides is 1. The maximum atomic E-state index is 11.6. The van der Waals surface area contributed by atoms with Crippen LogP contribution in [0.4, 0.5) is 5.69 Å². The minimum Gasteiger partial charge on any atom is -0.378 e. The second-order valence-corrected chi connectivity index (χ2v) is 9.81.